The Bertz CT molecular complexity index is 151. The van der Waals surface area contributed by atoms with Crippen LogP contribution in [0.25, 0.3) is 0 Å². The van der Waals surface area contributed by atoms with Gasteiger partial charge in [0.25, 0.3) is 0 Å². The van der Waals surface area contributed by atoms with E-state index in [4.69, 9.17) is 5.73 Å². The van der Waals surface area contributed by atoms with Crippen LogP contribution in [-0.2, 0) is 0 Å². The summed E-state index contributed by atoms with van der Waals surface area (Å²) in [5.74, 6) is 0. The molecule has 1 rings (SSSR count). The zero-order valence-electron chi connectivity index (χ0n) is 5.05. The van der Waals surface area contributed by atoms with Crippen molar-refractivity contribution in [1.29, 1.82) is 0 Å². The molecule has 1 unspecified atom stereocenters. The topological polar surface area (TPSA) is 38.4 Å². The summed E-state index contributed by atoms with van der Waals surface area (Å²) < 4.78 is 12.3. The van der Waals surface area contributed by atoms with Crippen molar-refractivity contribution < 1.29 is 4.39 Å². The van der Waals surface area contributed by atoms with Crippen LogP contribution in [-0.4, -0.2) is 25.0 Å². The van der Waals surface area contributed by atoms with Crippen molar-refractivity contribution in [2.75, 3.05) is 13.1 Å². The molecule has 0 bridgehead atoms. The summed E-state index contributed by atoms with van der Waals surface area (Å²) in [4.78, 5) is 3.86. The predicted molar refractivity (Wildman–Crippen MR) is 35.4 cm³/mol. The molecule has 0 saturated heterocycles. The second kappa shape index (κ2) is 2.73. The van der Waals surface area contributed by atoms with Crippen LogP contribution in [0.15, 0.2) is 17.1 Å². The number of alkyl halides is 1. The average molecular weight is 128 g/mol. The van der Waals surface area contributed by atoms with Gasteiger partial charge in [0.2, 0.25) is 0 Å². The molecule has 1 heterocycles. The van der Waals surface area contributed by atoms with E-state index in [0.717, 1.165) is 5.71 Å². The van der Waals surface area contributed by atoms with Crippen LogP contribution in [0.4, 0.5) is 4.39 Å². The fourth-order valence-electron chi connectivity index (χ4n) is 0.666. The first-order chi connectivity index (χ1) is 4.33. The van der Waals surface area contributed by atoms with Crippen LogP contribution in [0.1, 0.15) is 0 Å². The van der Waals surface area contributed by atoms with Gasteiger partial charge in [0.15, 0.2) is 0 Å². The quantitative estimate of drug-likeness (QED) is 0.541. The molecule has 50 valence electrons. The molecule has 2 N–H and O–H groups in total. The van der Waals surface area contributed by atoms with E-state index in [-0.39, 0.29) is 6.54 Å². The zero-order chi connectivity index (χ0) is 6.69. The Kier molecular flexibility index (Phi) is 1.95. The normalized spacial score (nSPS) is 26.0. The highest BCUT2D eigenvalue weighted by atomic mass is 19.1. The minimum absolute atomic E-state index is 0.239. The van der Waals surface area contributed by atoms with Crippen molar-refractivity contribution in [3.8, 4) is 0 Å². The second-order valence-electron chi connectivity index (χ2n) is 1.91. The van der Waals surface area contributed by atoms with E-state index in [1.165, 1.54) is 6.08 Å². The Morgan fingerprint density at radius 3 is 3.11 bits per heavy atom. The van der Waals surface area contributed by atoms with Gasteiger partial charge < -0.3 is 5.73 Å². The van der Waals surface area contributed by atoms with Gasteiger partial charge in [0.05, 0.1) is 6.54 Å². The molecule has 9 heavy (non-hydrogen) atoms. The lowest BCUT2D eigenvalue weighted by Gasteiger charge is -2.05. The Morgan fingerprint density at radius 2 is 2.67 bits per heavy atom. The van der Waals surface area contributed by atoms with Crippen LogP contribution >= 0.6 is 0 Å². The zero-order valence-corrected chi connectivity index (χ0v) is 5.05. The average Bonchev–Trinajstić information content (AvgIpc) is 1.90. The number of hydrogen-bond donors (Lipinski definition) is 1. The molecule has 0 amide bonds. The summed E-state index contributed by atoms with van der Waals surface area (Å²) in [5, 5.41) is 0. The maximum Gasteiger partial charge on any atom is 0.138 e. The second-order valence-corrected chi connectivity index (χ2v) is 1.91. The van der Waals surface area contributed by atoms with E-state index in [9.17, 15) is 4.39 Å². The molecule has 3 heteroatoms. The minimum Gasteiger partial charge on any atom is -0.325 e. The third-order valence-electron chi connectivity index (χ3n) is 1.18. The first-order valence-corrected chi connectivity index (χ1v) is 2.88. The number of aliphatic imine (C=N–C) groups is 1. The van der Waals surface area contributed by atoms with Crippen molar-refractivity contribution in [3.05, 3.63) is 12.2 Å². The number of rotatable bonds is 1. The van der Waals surface area contributed by atoms with Crippen molar-refractivity contribution in [3.63, 3.8) is 0 Å². The molecule has 0 spiro atoms. The number of nitrogens with zero attached hydrogens (tertiary/aromatic N) is 1. The summed E-state index contributed by atoms with van der Waals surface area (Å²) in [6.45, 7) is 0.645. The van der Waals surface area contributed by atoms with Crippen molar-refractivity contribution in [1.82, 2.24) is 0 Å². The molecular weight excluding hydrogens is 119 g/mol. The Hall–Kier alpha value is -0.700. The molecule has 1 aliphatic heterocycles. The monoisotopic (exact) mass is 128 g/mol. The summed E-state index contributed by atoms with van der Waals surface area (Å²) >= 11 is 0. The molecule has 1 atom stereocenters. The van der Waals surface area contributed by atoms with Crippen molar-refractivity contribution in [2.45, 2.75) is 6.17 Å². The lowest BCUT2D eigenvalue weighted by atomic mass is 10.2. The van der Waals surface area contributed by atoms with Crippen LogP contribution < -0.4 is 5.73 Å². The maximum absolute atomic E-state index is 12.3. The van der Waals surface area contributed by atoms with Crippen LogP contribution in [0.3, 0.4) is 0 Å². The maximum atomic E-state index is 12.3. The Morgan fingerprint density at radius 1 is 1.89 bits per heavy atom. The van der Waals surface area contributed by atoms with Gasteiger partial charge in [0.1, 0.15) is 6.17 Å². The van der Waals surface area contributed by atoms with E-state index in [1.807, 2.05) is 0 Å². The Labute approximate surface area is 53.3 Å². The van der Waals surface area contributed by atoms with Gasteiger partial charge in [-0.15, -0.1) is 0 Å². The molecule has 0 aromatic carbocycles. The fourth-order valence-corrected chi connectivity index (χ4v) is 0.666. The first-order valence-electron chi connectivity index (χ1n) is 2.88. The highest BCUT2D eigenvalue weighted by Crippen LogP contribution is 2.00. The molecular formula is C6H9FN2. The largest absolute Gasteiger partial charge is 0.325 e. The minimum atomic E-state index is -0.903. The van der Waals surface area contributed by atoms with Crippen LogP contribution in [0, 0.1) is 0 Å². The van der Waals surface area contributed by atoms with Crippen molar-refractivity contribution >= 4 is 5.71 Å². The fraction of sp³-hybridized carbons (Fsp3) is 0.500. The van der Waals surface area contributed by atoms with Crippen molar-refractivity contribution in [2.24, 2.45) is 10.7 Å². The lowest BCUT2D eigenvalue weighted by Crippen LogP contribution is -2.17. The SMILES string of the molecule is NCC1=NCC(F)C=C1. The molecule has 0 radical (unpaired) electrons. The predicted octanol–water partition coefficient (Wildman–Crippen LogP) is 0.294. The highest BCUT2D eigenvalue weighted by molar-refractivity contribution is 5.97. The summed E-state index contributed by atoms with van der Waals surface area (Å²) in [7, 11) is 0. The molecule has 1 aliphatic rings. The van der Waals surface area contributed by atoms with E-state index in [2.05, 4.69) is 4.99 Å². The summed E-state index contributed by atoms with van der Waals surface area (Å²) in [6, 6.07) is 0. The number of halogens is 1. The molecule has 0 saturated carbocycles. The standard InChI is InChI=1S/C6H9FN2/c7-5-1-2-6(3-8)9-4-5/h1-2,5H,3-4,8H2. The van der Waals surface area contributed by atoms with Gasteiger partial charge in [0, 0.05) is 12.3 Å². The third-order valence-corrected chi connectivity index (χ3v) is 1.18. The number of nitrogens with two attached hydrogens (primary N) is 1. The van der Waals surface area contributed by atoms with Crippen LogP contribution in [0.5, 0.6) is 0 Å². The highest BCUT2D eigenvalue weighted by Gasteiger charge is 2.04. The summed E-state index contributed by atoms with van der Waals surface area (Å²) in [6.07, 6.45) is 2.21. The van der Waals surface area contributed by atoms with Crippen LogP contribution in [0.2, 0.25) is 0 Å². The number of hydrogen-bond acceptors (Lipinski definition) is 2. The van der Waals surface area contributed by atoms with Gasteiger partial charge in [-0.25, -0.2) is 4.39 Å². The van der Waals surface area contributed by atoms with Gasteiger partial charge in [-0.2, -0.15) is 0 Å². The molecule has 0 fully saturated rings. The molecule has 0 aliphatic carbocycles. The smallest absolute Gasteiger partial charge is 0.138 e. The first kappa shape index (κ1) is 6.42. The molecule has 0 aromatic heterocycles. The van der Waals surface area contributed by atoms with Gasteiger partial charge in [-0.3, -0.25) is 4.99 Å². The van der Waals surface area contributed by atoms with E-state index in [1.54, 1.807) is 6.08 Å². The van der Waals surface area contributed by atoms with Gasteiger partial charge >= 0.3 is 0 Å². The van der Waals surface area contributed by atoms with E-state index in [0.29, 0.717) is 6.54 Å². The molecule has 2 nitrogen and oxygen atoms in total. The number of dihydropyridines is 1. The third kappa shape index (κ3) is 1.61. The molecule has 0 aromatic rings. The Balaban J connectivity index is 2.52. The van der Waals surface area contributed by atoms with E-state index < -0.39 is 6.17 Å². The summed E-state index contributed by atoms with van der Waals surface area (Å²) in [5.41, 5.74) is 6.03. The lowest BCUT2D eigenvalue weighted by molar-refractivity contribution is 0.407. The van der Waals surface area contributed by atoms with E-state index >= 15 is 0 Å². The van der Waals surface area contributed by atoms with Gasteiger partial charge in [-0.1, -0.05) is 0 Å². The van der Waals surface area contributed by atoms with Gasteiger partial charge in [-0.05, 0) is 12.2 Å².